The quantitative estimate of drug-likeness (QED) is 0.660. The number of nitrogens with zero attached hydrogens (tertiary/aromatic N) is 2. The number of anilines is 1. The van der Waals surface area contributed by atoms with Crippen LogP contribution in [0.3, 0.4) is 0 Å². The molecule has 0 fully saturated rings. The van der Waals surface area contributed by atoms with Crippen LogP contribution in [0, 0.1) is 5.82 Å². The van der Waals surface area contributed by atoms with Gasteiger partial charge < -0.3 is 4.84 Å². The minimum absolute atomic E-state index is 0.318. The number of nitrogens with one attached hydrogen (secondary N) is 1. The minimum Gasteiger partial charge on any atom is -0.357 e. The molecule has 0 aliphatic heterocycles. The Morgan fingerprint density at radius 2 is 1.84 bits per heavy atom. The van der Waals surface area contributed by atoms with Crippen LogP contribution in [-0.4, -0.2) is 12.4 Å². The highest BCUT2D eigenvalue weighted by Gasteiger charge is 1.91. The molecule has 0 saturated carbocycles. The lowest BCUT2D eigenvalue weighted by molar-refractivity contribution is 0.344. The number of oxime groups is 1. The summed E-state index contributed by atoms with van der Waals surface area (Å²) in [4.78, 5) is 5.07. The topological polar surface area (TPSA) is 46.0 Å². The largest absolute Gasteiger partial charge is 0.357 e. The molecule has 96 valence electrons. The Morgan fingerprint density at radius 1 is 1.00 bits per heavy atom. The molecule has 2 aromatic rings. The van der Waals surface area contributed by atoms with Crippen molar-refractivity contribution in [1.82, 2.24) is 0 Å². The Balaban J connectivity index is 1.77. The molecule has 5 heteroatoms. The van der Waals surface area contributed by atoms with E-state index in [0.29, 0.717) is 11.4 Å². The van der Waals surface area contributed by atoms with Crippen molar-refractivity contribution in [3.05, 3.63) is 60.4 Å². The van der Waals surface area contributed by atoms with Crippen LogP contribution in [0.15, 0.2) is 64.9 Å². The van der Waals surface area contributed by atoms with Crippen LogP contribution in [0.2, 0.25) is 0 Å². The molecule has 0 aromatic heterocycles. The molecule has 0 saturated heterocycles. The highest BCUT2D eigenvalue weighted by molar-refractivity contribution is 6.15. The average molecular weight is 257 g/mol. The smallest absolute Gasteiger partial charge is 0.157 e. The third-order valence-electron chi connectivity index (χ3n) is 2.12. The molecule has 2 rings (SSSR count). The number of hydrazone groups is 1. The Labute approximate surface area is 110 Å². The molecule has 0 aliphatic rings. The fourth-order valence-electron chi connectivity index (χ4n) is 1.30. The van der Waals surface area contributed by atoms with Crippen LogP contribution < -0.4 is 10.3 Å². The van der Waals surface area contributed by atoms with Gasteiger partial charge in [-0.15, -0.1) is 0 Å². The van der Waals surface area contributed by atoms with Gasteiger partial charge in [0, 0.05) is 0 Å². The standard InChI is InChI=1S/C14H12FN3O/c15-12-5-4-6-13(11-12)18-16-9-10-17-19-14-7-2-1-3-8-14/h1-11,18H. The van der Waals surface area contributed by atoms with Crippen molar-refractivity contribution in [1.29, 1.82) is 0 Å². The maximum atomic E-state index is 12.8. The summed E-state index contributed by atoms with van der Waals surface area (Å²) in [6.07, 6.45) is 2.80. The van der Waals surface area contributed by atoms with Crippen molar-refractivity contribution >= 4 is 18.1 Å². The van der Waals surface area contributed by atoms with Crippen molar-refractivity contribution < 1.29 is 9.23 Å². The van der Waals surface area contributed by atoms with Crippen LogP contribution in [0.1, 0.15) is 0 Å². The lowest BCUT2D eigenvalue weighted by Gasteiger charge is -1.98. The lowest BCUT2D eigenvalue weighted by Crippen LogP contribution is -1.91. The van der Waals surface area contributed by atoms with Gasteiger partial charge >= 0.3 is 0 Å². The normalized spacial score (nSPS) is 11.0. The molecule has 0 amide bonds. The van der Waals surface area contributed by atoms with E-state index in [9.17, 15) is 4.39 Å². The van der Waals surface area contributed by atoms with Gasteiger partial charge in [-0.25, -0.2) is 4.39 Å². The zero-order chi connectivity index (χ0) is 13.3. The van der Waals surface area contributed by atoms with Gasteiger partial charge in [0.15, 0.2) is 5.75 Å². The summed E-state index contributed by atoms with van der Waals surface area (Å²) >= 11 is 0. The first-order valence-electron chi connectivity index (χ1n) is 5.63. The molecule has 19 heavy (non-hydrogen) atoms. The Hall–Kier alpha value is -2.69. The van der Waals surface area contributed by atoms with E-state index in [4.69, 9.17) is 4.84 Å². The van der Waals surface area contributed by atoms with Gasteiger partial charge in [-0.1, -0.05) is 29.4 Å². The fraction of sp³-hybridized carbons (Fsp3) is 0. The van der Waals surface area contributed by atoms with E-state index >= 15 is 0 Å². The van der Waals surface area contributed by atoms with Crippen molar-refractivity contribution in [2.75, 3.05) is 5.43 Å². The van der Waals surface area contributed by atoms with Crippen LogP contribution in [0.5, 0.6) is 5.75 Å². The van der Waals surface area contributed by atoms with E-state index in [2.05, 4.69) is 15.7 Å². The number of rotatable bonds is 5. The highest BCUT2D eigenvalue weighted by atomic mass is 19.1. The summed E-state index contributed by atoms with van der Waals surface area (Å²) < 4.78 is 12.8. The second-order valence-electron chi connectivity index (χ2n) is 3.56. The van der Waals surface area contributed by atoms with Crippen LogP contribution >= 0.6 is 0 Å². The molecule has 0 atom stereocenters. The van der Waals surface area contributed by atoms with Gasteiger partial charge in [-0.3, -0.25) is 5.43 Å². The summed E-state index contributed by atoms with van der Waals surface area (Å²) in [5.74, 6) is 0.325. The van der Waals surface area contributed by atoms with Gasteiger partial charge in [0.05, 0.1) is 18.1 Å². The summed E-state index contributed by atoms with van der Waals surface area (Å²) in [6.45, 7) is 0. The molecule has 0 heterocycles. The Morgan fingerprint density at radius 3 is 2.63 bits per heavy atom. The Kier molecular flexibility index (Phi) is 4.64. The number of hydrogen-bond donors (Lipinski definition) is 1. The van der Waals surface area contributed by atoms with Gasteiger partial charge in [0.1, 0.15) is 5.82 Å². The second kappa shape index (κ2) is 6.90. The van der Waals surface area contributed by atoms with Gasteiger partial charge in [0.2, 0.25) is 0 Å². The van der Waals surface area contributed by atoms with Crippen molar-refractivity contribution in [2.45, 2.75) is 0 Å². The second-order valence-corrected chi connectivity index (χ2v) is 3.56. The monoisotopic (exact) mass is 257 g/mol. The van der Waals surface area contributed by atoms with Crippen molar-refractivity contribution in [3.8, 4) is 5.75 Å². The molecule has 0 bridgehead atoms. The van der Waals surface area contributed by atoms with E-state index in [0.717, 1.165) is 0 Å². The predicted molar refractivity (Wildman–Crippen MR) is 74.1 cm³/mol. The van der Waals surface area contributed by atoms with Crippen LogP contribution in [0.4, 0.5) is 10.1 Å². The van der Waals surface area contributed by atoms with Crippen LogP contribution in [-0.2, 0) is 0 Å². The van der Waals surface area contributed by atoms with E-state index in [-0.39, 0.29) is 5.82 Å². The number of hydrogen-bond acceptors (Lipinski definition) is 4. The molecule has 0 aliphatic carbocycles. The van der Waals surface area contributed by atoms with E-state index in [1.165, 1.54) is 24.6 Å². The highest BCUT2D eigenvalue weighted by Crippen LogP contribution is 2.08. The van der Waals surface area contributed by atoms with Crippen LogP contribution in [0.25, 0.3) is 0 Å². The van der Waals surface area contributed by atoms with Gasteiger partial charge in [-0.2, -0.15) is 5.10 Å². The van der Waals surface area contributed by atoms with Crippen molar-refractivity contribution in [3.63, 3.8) is 0 Å². The third-order valence-corrected chi connectivity index (χ3v) is 2.12. The van der Waals surface area contributed by atoms with Gasteiger partial charge in [0.25, 0.3) is 0 Å². The molecular formula is C14H12FN3O. The summed E-state index contributed by atoms with van der Waals surface area (Å²) in [7, 11) is 0. The number of benzene rings is 2. The van der Waals surface area contributed by atoms with E-state index < -0.39 is 0 Å². The maximum absolute atomic E-state index is 12.8. The molecule has 1 N–H and O–H groups in total. The minimum atomic E-state index is -0.318. The SMILES string of the molecule is Fc1cccc(NN=CC=NOc2ccccc2)c1. The maximum Gasteiger partial charge on any atom is 0.157 e. The molecule has 4 nitrogen and oxygen atoms in total. The molecular weight excluding hydrogens is 245 g/mol. The Bertz CT molecular complexity index is 570. The van der Waals surface area contributed by atoms with E-state index in [1.807, 2.05) is 18.2 Å². The molecule has 0 radical (unpaired) electrons. The van der Waals surface area contributed by atoms with Crippen molar-refractivity contribution in [2.24, 2.45) is 10.3 Å². The summed E-state index contributed by atoms with van der Waals surface area (Å²) in [5.41, 5.74) is 3.23. The molecule has 0 unspecified atom stereocenters. The first kappa shape index (κ1) is 12.8. The molecule has 0 spiro atoms. The predicted octanol–water partition coefficient (Wildman–Crippen LogP) is 3.29. The first-order valence-corrected chi connectivity index (χ1v) is 5.63. The first-order chi connectivity index (χ1) is 9.34. The average Bonchev–Trinajstić information content (AvgIpc) is 2.44. The third kappa shape index (κ3) is 4.59. The summed E-state index contributed by atoms with van der Waals surface area (Å²) in [5, 5.41) is 7.54. The summed E-state index contributed by atoms with van der Waals surface area (Å²) in [6, 6.07) is 15.2. The molecule has 2 aromatic carbocycles. The van der Waals surface area contributed by atoms with Gasteiger partial charge in [-0.05, 0) is 30.3 Å². The lowest BCUT2D eigenvalue weighted by atomic mass is 10.3. The van der Waals surface area contributed by atoms with E-state index in [1.54, 1.807) is 24.3 Å². The zero-order valence-corrected chi connectivity index (χ0v) is 10.0. The number of para-hydroxylation sites is 1. The zero-order valence-electron chi connectivity index (χ0n) is 10.0. The number of halogens is 1. The fourth-order valence-corrected chi connectivity index (χ4v) is 1.30.